The van der Waals surface area contributed by atoms with Gasteiger partial charge in [0.15, 0.2) is 12.0 Å². The van der Waals surface area contributed by atoms with Crippen LogP contribution in [0.15, 0.2) is 45.4 Å². The highest BCUT2D eigenvalue weighted by Crippen LogP contribution is 2.27. The molecule has 0 unspecified atom stereocenters. The van der Waals surface area contributed by atoms with Crippen LogP contribution in [0.4, 0.5) is 5.69 Å². The van der Waals surface area contributed by atoms with E-state index >= 15 is 0 Å². The summed E-state index contributed by atoms with van der Waals surface area (Å²) < 4.78 is 32.3. The van der Waals surface area contributed by atoms with Crippen LogP contribution in [0.3, 0.4) is 0 Å². The first kappa shape index (κ1) is 12.5. The molecule has 0 spiro atoms. The van der Waals surface area contributed by atoms with Gasteiger partial charge in [-0.05, 0) is 30.3 Å². The minimum Gasteiger partial charge on any atom is -0.443 e. The van der Waals surface area contributed by atoms with E-state index in [9.17, 15) is 8.42 Å². The smallest absolute Gasteiger partial charge is 0.271 e. The number of nitrogens with zero attached hydrogens (tertiary/aromatic N) is 1. The van der Waals surface area contributed by atoms with Crippen LogP contribution in [0.1, 0.15) is 0 Å². The summed E-state index contributed by atoms with van der Waals surface area (Å²) in [4.78, 5) is 3.97. The maximum Gasteiger partial charge on any atom is 0.271 e. The zero-order chi connectivity index (χ0) is 13.5. The van der Waals surface area contributed by atoms with Crippen LogP contribution >= 0.6 is 22.9 Å². The Hall–Kier alpha value is -1.57. The van der Waals surface area contributed by atoms with Crippen molar-refractivity contribution in [1.82, 2.24) is 4.98 Å². The van der Waals surface area contributed by atoms with Gasteiger partial charge in [0, 0.05) is 0 Å². The monoisotopic (exact) mass is 314 g/mol. The number of oxazole rings is 1. The first-order chi connectivity index (χ1) is 9.04. The third-order valence-corrected chi connectivity index (χ3v) is 5.50. The molecule has 2 heterocycles. The first-order valence-electron chi connectivity index (χ1n) is 5.16. The SMILES string of the molecule is O=S(=O)(Nc1ccc2ocnc2c1)c1ccc(Cl)s1. The molecule has 0 bridgehead atoms. The molecule has 0 saturated heterocycles. The molecule has 0 aliphatic heterocycles. The van der Waals surface area contributed by atoms with Crippen molar-refractivity contribution in [3.05, 3.63) is 41.1 Å². The van der Waals surface area contributed by atoms with Crippen molar-refractivity contribution in [3.8, 4) is 0 Å². The van der Waals surface area contributed by atoms with E-state index in [4.69, 9.17) is 16.0 Å². The third-order valence-electron chi connectivity index (χ3n) is 2.40. The van der Waals surface area contributed by atoms with Crippen molar-refractivity contribution in [3.63, 3.8) is 0 Å². The topological polar surface area (TPSA) is 72.2 Å². The first-order valence-corrected chi connectivity index (χ1v) is 7.84. The molecular weight excluding hydrogens is 308 g/mol. The Morgan fingerprint density at radius 3 is 2.84 bits per heavy atom. The lowest BCUT2D eigenvalue weighted by Crippen LogP contribution is -2.11. The van der Waals surface area contributed by atoms with Crippen LogP contribution in [0, 0.1) is 0 Å². The molecule has 0 fully saturated rings. The molecule has 0 atom stereocenters. The lowest BCUT2D eigenvalue weighted by atomic mass is 10.3. The second-order valence-corrected chi connectivity index (χ2v) is 7.32. The second-order valence-electron chi connectivity index (χ2n) is 3.70. The van der Waals surface area contributed by atoms with E-state index in [-0.39, 0.29) is 4.21 Å². The predicted molar refractivity (Wildman–Crippen MR) is 74.1 cm³/mol. The maximum atomic E-state index is 12.1. The molecule has 0 aliphatic carbocycles. The van der Waals surface area contributed by atoms with Gasteiger partial charge >= 0.3 is 0 Å². The Morgan fingerprint density at radius 1 is 1.26 bits per heavy atom. The molecule has 3 rings (SSSR count). The summed E-state index contributed by atoms with van der Waals surface area (Å²) in [6.45, 7) is 0. The predicted octanol–water partition coefficient (Wildman–Crippen LogP) is 3.34. The number of nitrogens with one attached hydrogen (secondary N) is 1. The van der Waals surface area contributed by atoms with Crippen molar-refractivity contribution in [2.45, 2.75) is 4.21 Å². The fourth-order valence-corrected chi connectivity index (χ4v) is 4.10. The summed E-state index contributed by atoms with van der Waals surface area (Å²) in [5.41, 5.74) is 1.61. The zero-order valence-electron chi connectivity index (χ0n) is 9.33. The van der Waals surface area contributed by atoms with Gasteiger partial charge in [-0.15, -0.1) is 11.3 Å². The molecule has 19 heavy (non-hydrogen) atoms. The van der Waals surface area contributed by atoms with Gasteiger partial charge in [0.25, 0.3) is 10.0 Å². The number of sulfonamides is 1. The molecule has 1 aromatic carbocycles. The number of rotatable bonds is 3. The van der Waals surface area contributed by atoms with Gasteiger partial charge < -0.3 is 4.42 Å². The van der Waals surface area contributed by atoms with Gasteiger partial charge in [-0.25, -0.2) is 13.4 Å². The van der Waals surface area contributed by atoms with E-state index < -0.39 is 10.0 Å². The van der Waals surface area contributed by atoms with Gasteiger partial charge in [-0.2, -0.15) is 0 Å². The maximum absolute atomic E-state index is 12.1. The molecule has 0 saturated carbocycles. The van der Waals surface area contributed by atoms with Crippen molar-refractivity contribution in [1.29, 1.82) is 0 Å². The number of hydrogen-bond donors (Lipinski definition) is 1. The highest BCUT2D eigenvalue weighted by molar-refractivity contribution is 7.94. The lowest BCUT2D eigenvalue weighted by Gasteiger charge is -2.05. The van der Waals surface area contributed by atoms with Crippen molar-refractivity contribution < 1.29 is 12.8 Å². The number of aromatic nitrogens is 1. The molecule has 0 radical (unpaired) electrons. The largest absolute Gasteiger partial charge is 0.443 e. The molecule has 5 nitrogen and oxygen atoms in total. The molecule has 0 aliphatic rings. The van der Waals surface area contributed by atoms with Crippen LogP contribution in [0.5, 0.6) is 0 Å². The number of anilines is 1. The van der Waals surface area contributed by atoms with Crippen molar-refractivity contribution >= 4 is 49.7 Å². The average molecular weight is 315 g/mol. The van der Waals surface area contributed by atoms with Crippen LogP contribution < -0.4 is 4.72 Å². The van der Waals surface area contributed by atoms with Crippen molar-refractivity contribution in [2.75, 3.05) is 4.72 Å². The Bertz CT molecular complexity index is 838. The summed E-state index contributed by atoms with van der Waals surface area (Å²) >= 11 is 6.74. The van der Waals surface area contributed by atoms with Gasteiger partial charge in [0.2, 0.25) is 0 Å². The van der Waals surface area contributed by atoms with Crippen LogP contribution in [0.2, 0.25) is 4.34 Å². The molecule has 1 N–H and O–H groups in total. The summed E-state index contributed by atoms with van der Waals surface area (Å²) in [5, 5.41) is 0. The van der Waals surface area contributed by atoms with E-state index in [0.29, 0.717) is 21.1 Å². The summed E-state index contributed by atoms with van der Waals surface area (Å²) in [6, 6.07) is 7.87. The number of benzene rings is 1. The van der Waals surface area contributed by atoms with Crippen LogP contribution in [-0.2, 0) is 10.0 Å². The fraction of sp³-hybridized carbons (Fsp3) is 0. The van der Waals surface area contributed by atoms with Crippen LogP contribution in [0.25, 0.3) is 11.1 Å². The van der Waals surface area contributed by atoms with E-state index in [2.05, 4.69) is 9.71 Å². The quantitative estimate of drug-likeness (QED) is 0.804. The van der Waals surface area contributed by atoms with Crippen LogP contribution in [-0.4, -0.2) is 13.4 Å². The van der Waals surface area contributed by atoms with E-state index in [1.165, 1.54) is 12.5 Å². The summed E-state index contributed by atoms with van der Waals surface area (Å²) in [7, 11) is -3.62. The molecule has 2 aromatic heterocycles. The molecular formula is C11H7ClN2O3S2. The highest BCUT2D eigenvalue weighted by atomic mass is 35.5. The Kier molecular flexibility index (Phi) is 2.96. The lowest BCUT2D eigenvalue weighted by molar-refractivity contribution is 0.601. The van der Waals surface area contributed by atoms with Crippen molar-refractivity contribution in [2.24, 2.45) is 0 Å². The number of hydrogen-bond acceptors (Lipinski definition) is 5. The number of thiophene rings is 1. The normalized spacial score (nSPS) is 11.8. The van der Waals surface area contributed by atoms with Gasteiger partial charge in [-0.1, -0.05) is 11.6 Å². The number of halogens is 1. The minimum absolute atomic E-state index is 0.165. The molecule has 3 aromatic rings. The van der Waals surface area contributed by atoms with Gasteiger partial charge in [-0.3, -0.25) is 4.72 Å². The Morgan fingerprint density at radius 2 is 2.11 bits per heavy atom. The fourth-order valence-electron chi connectivity index (χ4n) is 1.57. The Balaban J connectivity index is 1.95. The van der Waals surface area contributed by atoms with Gasteiger partial charge in [0.1, 0.15) is 9.73 Å². The van der Waals surface area contributed by atoms with E-state index in [1.54, 1.807) is 24.3 Å². The molecule has 98 valence electrons. The summed E-state index contributed by atoms with van der Waals surface area (Å²) in [6.07, 6.45) is 1.31. The summed E-state index contributed by atoms with van der Waals surface area (Å²) in [5.74, 6) is 0. The average Bonchev–Trinajstić information content (AvgIpc) is 2.96. The molecule has 0 amide bonds. The van der Waals surface area contributed by atoms with Gasteiger partial charge in [0.05, 0.1) is 10.0 Å². The Labute approximate surface area is 117 Å². The number of fused-ring (bicyclic) bond motifs is 1. The highest BCUT2D eigenvalue weighted by Gasteiger charge is 2.17. The zero-order valence-corrected chi connectivity index (χ0v) is 11.7. The second kappa shape index (κ2) is 4.52. The minimum atomic E-state index is -3.62. The standard InChI is InChI=1S/C11H7ClN2O3S2/c12-10-3-4-11(18-10)19(15,16)14-7-1-2-9-8(5-7)13-6-17-9/h1-6,14H. The third kappa shape index (κ3) is 2.44. The van der Waals surface area contributed by atoms with E-state index in [0.717, 1.165) is 11.3 Å². The molecule has 8 heteroatoms. The van der Waals surface area contributed by atoms with E-state index in [1.807, 2.05) is 0 Å².